The van der Waals surface area contributed by atoms with Crippen LogP contribution in [-0.2, 0) is 9.47 Å². The highest BCUT2D eigenvalue weighted by molar-refractivity contribution is 5.89. The van der Waals surface area contributed by atoms with Crippen LogP contribution >= 0.6 is 0 Å². The van der Waals surface area contributed by atoms with Crippen molar-refractivity contribution in [2.24, 2.45) is 22.7 Å². The summed E-state index contributed by atoms with van der Waals surface area (Å²) in [5.74, 6) is -1.76. The van der Waals surface area contributed by atoms with Gasteiger partial charge in [0.2, 0.25) is 11.7 Å². The minimum absolute atomic E-state index is 0.0280. The molecule has 0 amide bonds. The molecule has 2 heterocycles. The van der Waals surface area contributed by atoms with Gasteiger partial charge in [-0.25, -0.2) is 0 Å². The maximum Gasteiger partial charge on any atom is 0.217 e. The van der Waals surface area contributed by atoms with Crippen LogP contribution in [0.2, 0.25) is 0 Å². The summed E-state index contributed by atoms with van der Waals surface area (Å²) in [5, 5.41) is 39.3. The summed E-state index contributed by atoms with van der Waals surface area (Å²) in [7, 11) is 0. The summed E-state index contributed by atoms with van der Waals surface area (Å²) in [6, 6.07) is 6.62. The van der Waals surface area contributed by atoms with Crippen LogP contribution in [0.5, 0.6) is 0 Å². The smallest absolute Gasteiger partial charge is 0.217 e. The summed E-state index contributed by atoms with van der Waals surface area (Å²) < 4.78 is 12.6. The fourth-order valence-electron chi connectivity index (χ4n) is 5.78. The maximum atomic E-state index is 10.3. The van der Waals surface area contributed by atoms with E-state index in [1.165, 1.54) is 0 Å². The number of nitrogens with zero attached hydrogens (tertiary/aromatic N) is 3. The predicted molar refractivity (Wildman–Crippen MR) is 95.8 cm³/mol. The van der Waals surface area contributed by atoms with Gasteiger partial charge in [-0.1, -0.05) is 31.4 Å². The van der Waals surface area contributed by atoms with E-state index in [0.717, 1.165) is 38.5 Å². The molecule has 5 unspecified atom stereocenters. The van der Waals surface area contributed by atoms with Crippen LogP contribution < -0.4 is 0 Å². The maximum absolute atomic E-state index is 10.3. The highest BCUT2D eigenvalue weighted by atomic mass is 16.7. The van der Waals surface area contributed by atoms with Crippen LogP contribution in [0.3, 0.4) is 0 Å². The minimum atomic E-state index is -1.72. The molecule has 4 aliphatic rings. The predicted octanol–water partition coefficient (Wildman–Crippen LogP) is 3.96. The molecule has 0 aromatic carbocycles. The molecular weight excluding hydrogens is 340 g/mol. The molecule has 6 heteroatoms. The van der Waals surface area contributed by atoms with Gasteiger partial charge in [0.15, 0.2) is 10.8 Å². The lowest BCUT2D eigenvalue weighted by molar-refractivity contribution is -0.296. The Morgan fingerprint density at radius 2 is 1.78 bits per heavy atom. The van der Waals surface area contributed by atoms with Crippen molar-refractivity contribution in [3.8, 4) is 18.2 Å². The Morgan fingerprint density at radius 3 is 2.44 bits per heavy atom. The van der Waals surface area contributed by atoms with E-state index in [9.17, 15) is 15.8 Å². The van der Waals surface area contributed by atoms with Crippen LogP contribution in [0.25, 0.3) is 0 Å². The average molecular weight is 364 g/mol. The first-order valence-corrected chi connectivity index (χ1v) is 9.95. The lowest BCUT2D eigenvalue weighted by Gasteiger charge is -2.52. The van der Waals surface area contributed by atoms with Gasteiger partial charge in [-0.15, -0.1) is 0 Å². The second-order valence-electron chi connectivity index (χ2n) is 8.28. The van der Waals surface area contributed by atoms with Gasteiger partial charge in [-0.3, -0.25) is 5.41 Å². The van der Waals surface area contributed by atoms with Crippen LogP contribution in [-0.4, -0.2) is 17.8 Å². The number of hydrogen-bond donors (Lipinski definition) is 1. The lowest BCUT2D eigenvalue weighted by Crippen LogP contribution is -2.64. The van der Waals surface area contributed by atoms with Crippen LogP contribution in [0.4, 0.5) is 0 Å². The van der Waals surface area contributed by atoms with E-state index in [1.54, 1.807) is 0 Å². The van der Waals surface area contributed by atoms with E-state index in [0.29, 0.717) is 19.3 Å². The largest absolute Gasteiger partial charge is 0.447 e. The van der Waals surface area contributed by atoms with Crippen LogP contribution in [0.15, 0.2) is 12.2 Å². The first-order chi connectivity index (χ1) is 13.1. The molecule has 2 aliphatic carbocycles. The number of nitrogens with one attached hydrogen (secondary N) is 1. The minimum Gasteiger partial charge on any atom is -0.447 e. The van der Waals surface area contributed by atoms with Gasteiger partial charge in [-0.05, 0) is 38.0 Å². The second-order valence-corrected chi connectivity index (χ2v) is 8.28. The zero-order chi connectivity index (χ0) is 19.1. The molecule has 2 bridgehead atoms. The van der Waals surface area contributed by atoms with Gasteiger partial charge >= 0.3 is 0 Å². The number of hydrogen-bond acceptors (Lipinski definition) is 6. The zero-order valence-electron chi connectivity index (χ0n) is 15.4. The SMILES string of the molecule is N#CC1(C#N)C(C2CC=CCC2)OC23CCCCCCC2C1(C#N)C(=N)O3. The molecule has 0 radical (unpaired) electrons. The van der Waals surface area contributed by atoms with Crippen LogP contribution in [0.1, 0.15) is 57.8 Å². The first kappa shape index (κ1) is 18.0. The quantitative estimate of drug-likeness (QED) is 0.707. The molecule has 5 atom stereocenters. The normalized spacial score (nSPS) is 42.4. The molecule has 1 N–H and O–H groups in total. The van der Waals surface area contributed by atoms with Gasteiger partial charge < -0.3 is 9.47 Å². The van der Waals surface area contributed by atoms with Crippen molar-refractivity contribution in [2.75, 3.05) is 0 Å². The van der Waals surface area contributed by atoms with Crippen molar-refractivity contribution in [3.63, 3.8) is 0 Å². The van der Waals surface area contributed by atoms with Crippen molar-refractivity contribution in [3.05, 3.63) is 12.2 Å². The number of nitriles is 3. The van der Waals surface area contributed by atoms with Crippen molar-refractivity contribution in [2.45, 2.75) is 69.7 Å². The summed E-state index contributed by atoms with van der Waals surface area (Å²) in [6.07, 6.45) is 11.0. The van der Waals surface area contributed by atoms with Crippen molar-refractivity contribution in [1.29, 1.82) is 21.2 Å². The molecule has 0 spiro atoms. The van der Waals surface area contributed by atoms with E-state index >= 15 is 0 Å². The van der Waals surface area contributed by atoms with Gasteiger partial charge in [0.1, 0.15) is 0 Å². The summed E-state index contributed by atoms with van der Waals surface area (Å²) in [5.41, 5.74) is -3.28. The molecule has 0 aromatic rings. The summed E-state index contributed by atoms with van der Waals surface area (Å²) >= 11 is 0. The van der Waals surface area contributed by atoms with E-state index in [1.807, 2.05) is 0 Å². The average Bonchev–Trinajstić information content (AvgIpc) is 2.86. The Morgan fingerprint density at radius 1 is 1.00 bits per heavy atom. The molecule has 1 saturated carbocycles. The molecule has 4 rings (SSSR count). The van der Waals surface area contributed by atoms with Crippen molar-refractivity contribution >= 4 is 5.90 Å². The van der Waals surface area contributed by atoms with Crippen LogP contribution in [0, 0.1) is 62.1 Å². The molecule has 6 nitrogen and oxygen atoms in total. The Bertz CT molecular complexity index is 786. The van der Waals surface area contributed by atoms with E-state index in [4.69, 9.17) is 14.9 Å². The topological polar surface area (TPSA) is 114 Å². The fourth-order valence-corrected chi connectivity index (χ4v) is 5.78. The molecular formula is C21H24N4O2. The van der Waals surface area contributed by atoms with Gasteiger partial charge in [-0.2, -0.15) is 15.8 Å². The molecule has 0 aromatic heterocycles. The number of rotatable bonds is 1. The monoisotopic (exact) mass is 364 g/mol. The Balaban J connectivity index is 1.91. The Labute approximate surface area is 159 Å². The van der Waals surface area contributed by atoms with Crippen molar-refractivity contribution in [1.82, 2.24) is 0 Å². The van der Waals surface area contributed by atoms with Gasteiger partial charge in [0.05, 0.1) is 30.2 Å². The molecule has 2 aliphatic heterocycles. The third kappa shape index (κ3) is 2.16. The Hall–Kier alpha value is -2.36. The lowest BCUT2D eigenvalue weighted by atomic mass is 9.51. The van der Waals surface area contributed by atoms with Gasteiger partial charge in [0, 0.05) is 6.42 Å². The highest BCUT2D eigenvalue weighted by Crippen LogP contribution is 2.66. The standard InChI is InChI=1S/C21H24N4O2/c22-12-19(13-23)17(15-8-4-3-5-9-15)26-21-11-7-2-1-6-10-16(21)20(19,14-24)18(25)27-21/h3-4,15-17,25H,1-2,5-11H2. The molecule has 140 valence electrons. The van der Waals surface area contributed by atoms with Crippen molar-refractivity contribution < 1.29 is 9.47 Å². The molecule has 2 saturated heterocycles. The third-order valence-electron chi connectivity index (χ3n) is 7.10. The van der Waals surface area contributed by atoms with E-state index < -0.39 is 28.6 Å². The van der Waals surface area contributed by atoms with Gasteiger partial charge in [0.25, 0.3) is 0 Å². The van der Waals surface area contributed by atoms with E-state index in [2.05, 4.69) is 30.4 Å². The highest BCUT2D eigenvalue weighted by Gasteiger charge is 2.80. The summed E-state index contributed by atoms with van der Waals surface area (Å²) in [4.78, 5) is 0. The molecule has 27 heavy (non-hydrogen) atoms. The second kappa shape index (κ2) is 6.36. The molecule has 3 fully saturated rings. The zero-order valence-corrected chi connectivity index (χ0v) is 15.4. The third-order valence-corrected chi connectivity index (χ3v) is 7.10. The summed E-state index contributed by atoms with van der Waals surface area (Å²) in [6.45, 7) is 0. The number of ether oxygens (including phenoxy) is 2. The van der Waals surface area contributed by atoms with E-state index in [-0.39, 0.29) is 11.8 Å². The number of allylic oxidation sites excluding steroid dienone is 2. The Kier molecular flexibility index (Phi) is 4.25. The first-order valence-electron chi connectivity index (χ1n) is 9.95. The fraction of sp³-hybridized carbons (Fsp3) is 0.714.